The van der Waals surface area contributed by atoms with Crippen molar-refractivity contribution in [1.82, 2.24) is 5.32 Å². The average molecular weight is 279 g/mol. The predicted molar refractivity (Wildman–Crippen MR) is 80.3 cm³/mol. The second kappa shape index (κ2) is 10.3. The van der Waals surface area contributed by atoms with Crippen molar-refractivity contribution in [2.24, 2.45) is 0 Å². The van der Waals surface area contributed by atoms with Crippen LogP contribution in [0.4, 0.5) is 0 Å². The fourth-order valence-corrected chi connectivity index (χ4v) is 1.66. The van der Waals surface area contributed by atoms with Crippen LogP contribution in [-0.2, 0) is 4.74 Å². The molecule has 112 valence electrons. The highest BCUT2D eigenvalue weighted by molar-refractivity contribution is 5.94. The van der Waals surface area contributed by atoms with Crippen LogP contribution in [0.1, 0.15) is 43.5 Å². The van der Waals surface area contributed by atoms with Gasteiger partial charge in [-0.05, 0) is 44.0 Å². The molecule has 0 atom stereocenters. The molecule has 0 radical (unpaired) electrons. The topological polar surface area (TPSA) is 47.6 Å². The first kappa shape index (κ1) is 16.5. The molecule has 1 aromatic rings. The number of nitrogens with one attached hydrogen (secondary N) is 1. The Hall–Kier alpha value is -1.55. The molecule has 0 aliphatic heterocycles. The van der Waals surface area contributed by atoms with Gasteiger partial charge in [0.15, 0.2) is 0 Å². The minimum absolute atomic E-state index is 0.0541. The number of carbonyl (C=O) groups is 1. The van der Waals surface area contributed by atoms with Gasteiger partial charge in [-0.1, -0.05) is 13.3 Å². The summed E-state index contributed by atoms with van der Waals surface area (Å²) in [7, 11) is 0. The van der Waals surface area contributed by atoms with Gasteiger partial charge in [-0.2, -0.15) is 0 Å². The van der Waals surface area contributed by atoms with Crippen LogP contribution in [0.3, 0.4) is 0 Å². The van der Waals surface area contributed by atoms with E-state index in [0.717, 1.165) is 31.6 Å². The zero-order chi connectivity index (χ0) is 14.6. The monoisotopic (exact) mass is 279 g/mol. The van der Waals surface area contributed by atoms with E-state index in [9.17, 15) is 4.79 Å². The van der Waals surface area contributed by atoms with Crippen LogP contribution >= 0.6 is 0 Å². The zero-order valence-corrected chi connectivity index (χ0v) is 12.5. The normalized spacial score (nSPS) is 10.3. The smallest absolute Gasteiger partial charge is 0.251 e. The fraction of sp³-hybridized carbons (Fsp3) is 0.562. The lowest BCUT2D eigenvalue weighted by atomic mass is 10.2. The molecule has 0 saturated carbocycles. The van der Waals surface area contributed by atoms with Crippen molar-refractivity contribution in [3.63, 3.8) is 0 Å². The zero-order valence-electron chi connectivity index (χ0n) is 12.5. The third-order valence-electron chi connectivity index (χ3n) is 2.84. The summed E-state index contributed by atoms with van der Waals surface area (Å²) in [6.45, 7) is 6.84. The van der Waals surface area contributed by atoms with Gasteiger partial charge in [0.2, 0.25) is 0 Å². The van der Waals surface area contributed by atoms with Crippen molar-refractivity contribution in [1.29, 1.82) is 0 Å². The molecule has 1 aromatic carbocycles. The van der Waals surface area contributed by atoms with Crippen LogP contribution in [0, 0.1) is 0 Å². The Labute approximate surface area is 121 Å². The van der Waals surface area contributed by atoms with Gasteiger partial charge in [0, 0.05) is 25.3 Å². The van der Waals surface area contributed by atoms with Crippen molar-refractivity contribution >= 4 is 5.91 Å². The average Bonchev–Trinajstić information content (AvgIpc) is 2.48. The number of benzene rings is 1. The fourth-order valence-electron chi connectivity index (χ4n) is 1.66. The Morgan fingerprint density at radius 3 is 2.50 bits per heavy atom. The van der Waals surface area contributed by atoms with Gasteiger partial charge < -0.3 is 14.8 Å². The highest BCUT2D eigenvalue weighted by Crippen LogP contribution is 2.12. The van der Waals surface area contributed by atoms with Crippen LogP contribution in [0.25, 0.3) is 0 Å². The van der Waals surface area contributed by atoms with Gasteiger partial charge in [-0.15, -0.1) is 0 Å². The standard InChI is InChI=1S/C16H25NO3/c1-3-5-13-20-15-9-7-14(8-10-15)16(18)17-11-6-12-19-4-2/h7-10H,3-6,11-13H2,1-2H3,(H,17,18). The third-order valence-corrected chi connectivity index (χ3v) is 2.84. The molecule has 1 rings (SSSR count). The minimum Gasteiger partial charge on any atom is -0.494 e. The van der Waals surface area contributed by atoms with E-state index in [1.165, 1.54) is 0 Å². The van der Waals surface area contributed by atoms with Crippen LogP contribution in [-0.4, -0.2) is 32.3 Å². The van der Waals surface area contributed by atoms with Gasteiger partial charge in [-0.3, -0.25) is 4.79 Å². The van der Waals surface area contributed by atoms with E-state index >= 15 is 0 Å². The van der Waals surface area contributed by atoms with Crippen molar-refractivity contribution in [2.45, 2.75) is 33.1 Å². The first-order chi connectivity index (χ1) is 9.77. The molecule has 0 saturated heterocycles. The molecule has 4 heteroatoms. The summed E-state index contributed by atoms with van der Waals surface area (Å²) >= 11 is 0. The highest BCUT2D eigenvalue weighted by Gasteiger charge is 2.04. The van der Waals surface area contributed by atoms with Crippen LogP contribution in [0.5, 0.6) is 5.75 Å². The number of hydrogen-bond donors (Lipinski definition) is 1. The molecular formula is C16H25NO3. The molecule has 0 heterocycles. The van der Waals surface area contributed by atoms with Crippen LogP contribution in [0.15, 0.2) is 24.3 Å². The number of amides is 1. The Morgan fingerprint density at radius 2 is 1.85 bits per heavy atom. The van der Waals surface area contributed by atoms with E-state index in [1.807, 2.05) is 19.1 Å². The Balaban J connectivity index is 2.30. The maximum absolute atomic E-state index is 11.9. The van der Waals surface area contributed by atoms with Gasteiger partial charge in [0.05, 0.1) is 6.61 Å². The van der Waals surface area contributed by atoms with E-state index in [1.54, 1.807) is 12.1 Å². The lowest BCUT2D eigenvalue weighted by Crippen LogP contribution is -2.25. The molecule has 0 bridgehead atoms. The molecule has 0 aliphatic carbocycles. The maximum Gasteiger partial charge on any atom is 0.251 e. The molecule has 0 unspecified atom stereocenters. The van der Waals surface area contributed by atoms with Gasteiger partial charge >= 0.3 is 0 Å². The summed E-state index contributed by atoms with van der Waals surface area (Å²) in [5, 5.41) is 2.87. The molecule has 20 heavy (non-hydrogen) atoms. The van der Waals surface area contributed by atoms with Gasteiger partial charge in [0.25, 0.3) is 5.91 Å². The SMILES string of the molecule is CCCCOc1ccc(C(=O)NCCCOCC)cc1. The first-order valence-electron chi connectivity index (χ1n) is 7.36. The lowest BCUT2D eigenvalue weighted by molar-refractivity contribution is 0.0944. The summed E-state index contributed by atoms with van der Waals surface area (Å²) in [6, 6.07) is 7.26. The van der Waals surface area contributed by atoms with E-state index < -0.39 is 0 Å². The van der Waals surface area contributed by atoms with Crippen molar-refractivity contribution in [2.75, 3.05) is 26.4 Å². The molecule has 4 nitrogen and oxygen atoms in total. The molecule has 0 fully saturated rings. The summed E-state index contributed by atoms with van der Waals surface area (Å²) in [6.07, 6.45) is 2.99. The van der Waals surface area contributed by atoms with Crippen molar-refractivity contribution < 1.29 is 14.3 Å². The number of ether oxygens (including phenoxy) is 2. The number of hydrogen-bond acceptors (Lipinski definition) is 3. The second-order valence-electron chi connectivity index (χ2n) is 4.53. The van der Waals surface area contributed by atoms with E-state index in [2.05, 4.69) is 12.2 Å². The Kier molecular flexibility index (Phi) is 8.47. The largest absolute Gasteiger partial charge is 0.494 e. The predicted octanol–water partition coefficient (Wildman–Crippen LogP) is 3.02. The van der Waals surface area contributed by atoms with E-state index in [4.69, 9.17) is 9.47 Å². The Bertz CT molecular complexity index is 376. The second-order valence-corrected chi connectivity index (χ2v) is 4.53. The number of unbranched alkanes of at least 4 members (excludes halogenated alkanes) is 1. The van der Waals surface area contributed by atoms with Gasteiger partial charge in [0.1, 0.15) is 5.75 Å². The molecule has 0 aromatic heterocycles. The third kappa shape index (κ3) is 6.57. The summed E-state index contributed by atoms with van der Waals surface area (Å²) < 4.78 is 10.8. The van der Waals surface area contributed by atoms with E-state index in [0.29, 0.717) is 25.3 Å². The number of rotatable bonds is 10. The van der Waals surface area contributed by atoms with Crippen LogP contribution < -0.4 is 10.1 Å². The quantitative estimate of drug-likeness (QED) is 0.670. The molecule has 1 amide bonds. The molecular weight excluding hydrogens is 254 g/mol. The maximum atomic E-state index is 11.9. The summed E-state index contributed by atoms with van der Waals surface area (Å²) in [5.74, 6) is 0.757. The summed E-state index contributed by atoms with van der Waals surface area (Å²) in [4.78, 5) is 11.9. The molecule has 0 spiro atoms. The lowest BCUT2D eigenvalue weighted by Gasteiger charge is -2.07. The highest BCUT2D eigenvalue weighted by atomic mass is 16.5. The minimum atomic E-state index is -0.0541. The van der Waals surface area contributed by atoms with Crippen LogP contribution in [0.2, 0.25) is 0 Å². The number of carbonyl (C=O) groups excluding carboxylic acids is 1. The first-order valence-corrected chi connectivity index (χ1v) is 7.36. The van der Waals surface area contributed by atoms with Crippen molar-refractivity contribution in [3.8, 4) is 5.75 Å². The van der Waals surface area contributed by atoms with Gasteiger partial charge in [-0.25, -0.2) is 0 Å². The Morgan fingerprint density at radius 1 is 1.10 bits per heavy atom. The van der Waals surface area contributed by atoms with Crippen molar-refractivity contribution in [3.05, 3.63) is 29.8 Å². The molecule has 0 aliphatic rings. The molecule has 1 N–H and O–H groups in total. The summed E-state index contributed by atoms with van der Waals surface area (Å²) in [5.41, 5.74) is 0.657. The van der Waals surface area contributed by atoms with E-state index in [-0.39, 0.29) is 5.91 Å².